The van der Waals surface area contributed by atoms with Gasteiger partial charge in [-0.1, -0.05) is 18.2 Å². The molecule has 148 valence electrons. The lowest BCUT2D eigenvalue weighted by molar-refractivity contribution is -0.121. The molecule has 0 bridgehead atoms. The SMILES string of the molecule is O=C(CCc1ccc2c(c1)OCO2)NCC(c1ccc(F)cc1)N1CCCC1. The van der Waals surface area contributed by atoms with Gasteiger partial charge in [-0.3, -0.25) is 9.69 Å². The smallest absolute Gasteiger partial charge is 0.231 e. The number of amides is 1. The van der Waals surface area contributed by atoms with E-state index < -0.39 is 0 Å². The summed E-state index contributed by atoms with van der Waals surface area (Å²) in [6.07, 6.45) is 3.38. The molecule has 4 rings (SSSR count). The van der Waals surface area contributed by atoms with Gasteiger partial charge in [0.2, 0.25) is 12.7 Å². The van der Waals surface area contributed by atoms with Gasteiger partial charge < -0.3 is 14.8 Å². The molecule has 1 N–H and O–H groups in total. The normalized spacial score (nSPS) is 16.9. The molecule has 1 amide bonds. The number of nitrogens with zero attached hydrogens (tertiary/aromatic N) is 1. The Labute approximate surface area is 164 Å². The summed E-state index contributed by atoms with van der Waals surface area (Å²) in [5.41, 5.74) is 2.09. The number of carbonyl (C=O) groups is 1. The number of likely N-dealkylation sites (tertiary alicyclic amines) is 1. The first kappa shape index (κ1) is 18.7. The molecule has 0 aliphatic carbocycles. The number of rotatable bonds is 7. The molecular formula is C22H25FN2O3. The third kappa shape index (κ3) is 4.44. The van der Waals surface area contributed by atoms with E-state index in [1.807, 2.05) is 30.3 Å². The van der Waals surface area contributed by atoms with Crippen molar-refractivity contribution in [2.24, 2.45) is 0 Å². The van der Waals surface area contributed by atoms with Crippen molar-refractivity contribution >= 4 is 5.91 Å². The van der Waals surface area contributed by atoms with Gasteiger partial charge in [-0.15, -0.1) is 0 Å². The van der Waals surface area contributed by atoms with Gasteiger partial charge in [0.1, 0.15) is 5.82 Å². The standard InChI is InChI=1S/C22H25FN2O3/c23-18-7-5-17(6-8-18)19(25-11-1-2-12-25)14-24-22(26)10-4-16-3-9-20-21(13-16)28-15-27-20/h3,5-9,13,19H,1-2,4,10-12,14-15H2,(H,24,26). The molecule has 2 aromatic carbocycles. The summed E-state index contributed by atoms with van der Waals surface area (Å²) in [6.45, 7) is 2.80. The highest BCUT2D eigenvalue weighted by atomic mass is 19.1. The Morgan fingerprint density at radius 1 is 1.07 bits per heavy atom. The second-order valence-electron chi connectivity index (χ2n) is 7.30. The lowest BCUT2D eigenvalue weighted by Gasteiger charge is -2.28. The van der Waals surface area contributed by atoms with E-state index in [-0.39, 0.29) is 24.6 Å². The van der Waals surface area contributed by atoms with Crippen LogP contribution < -0.4 is 14.8 Å². The van der Waals surface area contributed by atoms with Crippen LogP contribution in [0.3, 0.4) is 0 Å². The molecule has 1 saturated heterocycles. The van der Waals surface area contributed by atoms with Crippen molar-refractivity contribution < 1.29 is 18.7 Å². The molecule has 0 spiro atoms. The van der Waals surface area contributed by atoms with Crippen LogP contribution in [0.25, 0.3) is 0 Å². The van der Waals surface area contributed by atoms with Crippen LogP contribution in [0.4, 0.5) is 4.39 Å². The zero-order valence-corrected chi connectivity index (χ0v) is 15.8. The zero-order valence-electron chi connectivity index (χ0n) is 15.8. The van der Waals surface area contributed by atoms with E-state index in [1.54, 1.807) is 0 Å². The highest BCUT2D eigenvalue weighted by Crippen LogP contribution is 2.32. The Balaban J connectivity index is 1.32. The third-order valence-corrected chi connectivity index (χ3v) is 5.41. The molecule has 5 nitrogen and oxygen atoms in total. The minimum atomic E-state index is -0.239. The van der Waals surface area contributed by atoms with Crippen LogP contribution in [-0.2, 0) is 11.2 Å². The quantitative estimate of drug-likeness (QED) is 0.795. The highest BCUT2D eigenvalue weighted by molar-refractivity contribution is 5.76. The molecule has 1 atom stereocenters. The number of halogens is 1. The van der Waals surface area contributed by atoms with Crippen molar-refractivity contribution in [2.45, 2.75) is 31.7 Å². The molecule has 0 radical (unpaired) electrons. The number of hydrogen-bond donors (Lipinski definition) is 1. The van der Waals surface area contributed by atoms with Gasteiger partial charge in [-0.25, -0.2) is 4.39 Å². The van der Waals surface area contributed by atoms with Crippen LogP contribution >= 0.6 is 0 Å². The summed E-state index contributed by atoms with van der Waals surface area (Å²) in [4.78, 5) is 14.8. The minimum absolute atomic E-state index is 0.0176. The summed E-state index contributed by atoms with van der Waals surface area (Å²) in [5, 5.41) is 3.07. The molecule has 2 aliphatic heterocycles. The first-order valence-electron chi connectivity index (χ1n) is 9.84. The van der Waals surface area contributed by atoms with Crippen LogP contribution in [0.5, 0.6) is 11.5 Å². The fourth-order valence-corrected chi connectivity index (χ4v) is 3.85. The number of benzene rings is 2. The van der Waals surface area contributed by atoms with Gasteiger partial charge in [-0.2, -0.15) is 0 Å². The fourth-order valence-electron chi connectivity index (χ4n) is 3.85. The minimum Gasteiger partial charge on any atom is -0.454 e. The Hall–Kier alpha value is -2.60. The molecule has 2 heterocycles. The molecule has 1 fully saturated rings. The van der Waals surface area contributed by atoms with E-state index >= 15 is 0 Å². The molecule has 1 unspecified atom stereocenters. The van der Waals surface area contributed by atoms with Crippen molar-refractivity contribution in [3.63, 3.8) is 0 Å². The molecule has 28 heavy (non-hydrogen) atoms. The maximum atomic E-state index is 13.3. The molecule has 6 heteroatoms. The van der Waals surface area contributed by atoms with E-state index in [0.717, 1.165) is 48.6 Å². The number of carbonyl (C=O) groups excluding carboxylic acids is 1. The number of aryl methyl sites for hydroxylation is 1. The monoisotopic (exact) mass is 384 g/mol. The molecule has 0 aromatic heterocycles. The van der Waals surface area contributed by atoms with Crippen LogP contribution in [0, 0.1) is 5.82 Å². The predicted octanol–water partition coefficient (Wildman–Crippen LogP) is 3.44. The number of ether oxygens (including phenoxy) is 2. The zero-order chi connectivity index (χ0) is 19.3. The lowest BCUT2D eigenvalue weighted by Crippen LogP contribution is -2.36. The number of nitrogens with one attached hydrogen (secondary N) is 1. The van der Waals surface area contributed by atoms with Crippen molar-refractivity contribution in [3.05, 3.63) is 59.4 Å². The van der Waals surface area contributed by atoms with E-state index in [1.165, 1.54) is 12.1 Å². The second-order valence-corrected chi connectivity index (χ2v) is 7.30. The van der Waals surface area contributed by atoms with Crippen molar-refractivity contribution in [1.29, 1.82) is 0 Å². The highest BCUT2D eigenvalue weighted by Gasteiger charge is 2.24. The van der Waals surface area contributed by atoms with Gasteiger partial charge in [0, 0.05) is 13.0 Å². The molecule has 2 aromatic rings. The van der Waals surface area contributed by atoms with Crippen LogP contribution in [0.1, 0.15) is 36.4 Å². The maximum absolute atomic E-state index is 13.3. The first-order valence-corrected chi connectivity index (χ1v) is 9.84. The third-order valence-electron chi connectivity index (χ3n) is 5.41. The topological polar surface area (TPSA) is 50.8 Å². The van der Waals surface area contributed by atoms with E-state index in [0.29, 0.717) is 19.4 Å². The summed E-state index contributed by atoms with van der Waals surface area (Å²) < 4.78 is 24.0. The van der Waals surface area contributed by atoms with Gasteiger partial charge >= 0.3 is 0 Å². The van der Waals surface area contributed by atoms with E-state index in [2.05, 4.69) is 10.2 Å². The average molecular weight is 384 g/mol. The molecule has 2 aliphatic rings. The van der Waals surface area contributed by atoms with Gasteiger partial charge in [0.15, 0.2) is 11.5 Å². The predicted molar refractivity (Wildman–Crippen MR) is 104 cm³/mol. The van der Waals surface area contributed by atoms with Gasteiger partial charge in [0.05, 0.1) is 6.04 Å². The van der Waals surface area contributed by atoms with Crippen LogP contribution in [0.15, 0.2) is 42.5 Å². The Bertz CT molecular complexity index is 819. The maximum Gasteiger partial charge on any atom is 0.231 e. The second kappa shape index (κ2) is 8.61. The number of fused-ring (bicyclic) bond motifs is 1. The van der Waals surface area contributed by atoms with Gasteiger partial charge in [0.25, 0.3) is 0 Å². The van der Waals surface area contributed by atoms with Crippen molar-refractivity contribution in [3.8, 4) is 11.5 Å². The first-order chi connectivity index (χ1) is 13.7. The molecule has 0 saturated carbocycles. The largest absolute Gasteiger partial charge is 0.454 e. The Kier molecular flexibility index (Phi) is 5.76. The Morgan fingerprint density at radius 3 is 2.61 bits per heavy atom. The van der Waals surface area contributed by atoms with E-state index in [9.17, 15) is 9.18 Å². The van der Waals surface area contributed by atoms with Crippen LogP contribution in [-0.4, -0.2) is 37.2 Å². The van der Waals surface area contributed by atoms with Gasteiger partial charge in [-0.05, 0) is 67.7 Å². The van der Waals surface area contributed by atoms with Crippen molar-refractivity contribution in [2.75, 3.05) is 26.4 Å². The summed E-state index contributed by atoms with van der Waals surface area (Å²) in [6, 6.07) is 12.5. The lowest BCUT2D eigenvalue weighted by atomic mass is 10.0. The fraction of sp³-hybridized carbons (Fsp3) is 0.409. The molecular weight excluding hydrogens is 359 g/mol. The van der Waals surface area contributed by atoms with E-state index in [4.69, 9.17) is 9.47 Å². The van der Waals surface area contributed by atoms with Crippen molar-refractivity contribution in [1.82, 2.24) is 10.2 Å². The summed E-state index contributed by atoms with van der Waals surface area (Å²) in [7, 11) is 0. The number of hydrogen-bond acceptors (Lipinski definition) is 4. The summed E-state index contributed by atoms with van der Waals surface area (Å²) >= 11 is 0. The van der Waals surface area contributed by atoms with Crippen LogP contribution in [0.2, 0.25) is 0 Å². The Morgan fingerprint density at radius 2 is 1.82 bits per heavy atom. The summed E-state index contributed by atoms with van der Waals surface area (Å²) in [5.74, 6) is 1.27. The average Bonchev–Trinajstić information content (AvgIpc) is 3.39.